The molecule has 0 unspecified atom stereocenters. The molecule has 2 fully saturated rings. The lowest BCUT2D eigenvalue weighted by Crippen LogP contribution is -2.40. The van der Waals surface area contributed by atoms with Crippen molar-refractivity contribution in [3.05, 3.63) is 47.8 Å². The Morgan fingerprint density at radius 1 is 1.06 bits per heavy atom. The number of fused-ring (bicyclic) bond motifs is 1. The molecule has 2 aliphatic rings. The van der Waals surface area contributed by atoms with Gasteiger partial charge in [0, 0.05) is 31.9 Å². The topological polar surface area (TPSA) is 64.1 Å². The van der Waals surface area contributed by atoms with Gasteiger partial charge < -0.3 is 19.1 Å². The summed E-state index contributed by atoms with van der Waals surface area (Å²) in [6.45, 7) is 3.34. The Morgan fingerprint density at radius 2 is 1.84 bits per heavy atom. The number of ether oxygens (including phenoxy) is 3. The summed E-state index contributed by atoms with van der Waals surface area (Å²) in [7, 11) is 4.90. The maximum atomic E-state index is 13.0. The van der Waals surface area contributed by atoms with Crippen molar-refractivity contribution in [2.45, 2.75) is 31.8 Å². The maximum absolute atomic E-state index is 13.0. The van der Waals surface area contributed by atoms with Gasteiger partial charge in [0.15, 0.2) is 11.5 Å². The van der Waals surface area contributed by atoms with E-state index >= 15 is 0 Å². The lowest BCUT2D eigenvalue weighted by Gasteiger charge is -2.30. The molecule has 2 saturated heterocycles. The van der Waals surface area contributed by atoms with Crippen molar-refractivity contribution in [3.63, 3.8) is 0 Å². The number of likely N-dealkylation sites (tertiary alicyclic amines) is 2. The van der Waals surface area contributed by atoms with Crippen LogP contribution in [0, 0.1) is 5.92 Å². The van der Waals surface area contributed by atoms with E-state index in [0.29, 0.717) is 34.9 Å². The van der Waals surface area contributed by atoms with Crippen molar-refractivity contribution in [1.29, 1.82) is 0 Å². The molecule has 0 bridgehead atoms. The van der Waals surface area contributed by atoms with Gasteiger partial charge in [-0.25, -0.2) is 0 Å². The van der Waals surface area contributed by atoms with E-state index in [2.05, 4.69) is 9.88 Å². The predicted octanol–water partition coefficient (Wildman–Crippen LogP) is 3.23. The normalized spacial score (nSPS) is 21.3. The fraction of sp³-hybridized carbons (Fsp3) is 0.500. The van der Waals surface area contributed by atoms with Gasteiger partial charge >= 0.3 is 0 Å². The Bertz CT molecular complexity index is 880. The zero-order valence-corrected chi connectivity index (χ0v) is 18.5. The molecule has 0 radical (unpaired) electrons. The van der Waals surface area contributed by atoms with Gasteiger partial charge in [-0.05, 0) is 55.1 Å². The molecular formula is C24H31N3O4. The minimum Gasteiger partial charge on any atom is -0.493 e. The maximum Gasteiger partial charge on any atom is 0.272 e. The monoisotopic (exact) mass is 425 g/mol. The van der Waals surface area contributed by atoms with Gasteiger partial charge in [-0.15, -0.1) is 0 Å². The van der Waals surface area contributed by atoms with Gasteiger partial charge in [0.2, 0.25) is 5.75 Å². The summed E-state index contributed by atoms with van der Waals surface area (Å²) in [5.74, 6) is 2.46. The molecule has 1 amide bonds. The van der Waals surface area contributed by atoms with Crippen LogP contribution in [0.1, 0.15) is 35.3 Å². The van der Waals surface area contributed by atoms with Crippen molar-refractivity contribution in [2.24, 2.45) is 5.92 Å². The first-order valence-electron chi connectivity index (χ1n) is 10.9. The molecule has 7 heteroatoms. The largest absolute Gasteiger partial charge is 0.493 e. The fourth-order valence-electron chi connectivity index (χ4n) is 4.91. The van der Waals surface area contributed by atoms with Crippen LogP contribution >= 0.6 is 0 Å². The Balaban J connectivity index is 1.54. The highest BCUT2D eigenvalue weighted by Crippen LogP contribution is 2.39. The molecule has 1 aromatic heterocycles. The molecule has 0 spiro atoms. The average molecular weight is 426 g/mol. The molecule has 2 aliphatic heterocycles. The predicted molar refractivity (Wildman–Crippen MR) is 118 cm³/mol. The SMILES string of the molecule is COc1cc(CN2CCCC[C@H]3CN(C(=O)c4ccccn4)C[C@H]32)cc(OC)c1OC. The van der Waals surface area contributed by atoms with Crippen LogP contribution in [0.15, 0.2) is 36.5 Å². The van der Waals surface area contributed by atoms with Crippen molar-refractivity contribution < 1.29 is 19.0 Å². The van der Waals surface area contributed by atoms with Gasteiger partial charge in [0.1, 0.15) is 5.69 Å². The van der Waals surface area contributed by atoms with E-state index in [-0.39, 0.29) is 5.91 Å². The fourth-order valence-corrected chi connectivity index (χ4v) is 4.91. The molecule has 7 nitrogen and oxygen atoms in total. The molecule has 3 heterocycles. The standard InChI is InChI=1S/C24H31N3O4/c1-29-21-12-17(13-22(30-2)23(21)31-3)14-26-11-7-5-8-18-15-27(16-20(18)26)24(28)19-9-4-6-10-25-19/h4,6,9-10,12-13,18,20H,5,7-8,11,14-16H2,1-3H3/t18-,20+/m0/s1. The minimum atomic E-state index is 0.0291. The first kappa shape index (κ1) is 21.4. The summed E-state index contributed by atoms with van der Waals surface area (Å²) in [5, 5.41) is 0. The lowest BCUT2D eigenvalue weighted by molar-refractivity contribution is 0.0767. The van der Waals surface area contributed by atoms with E-state index in [0.717, 1.165) is 38.2 Å². The third-order valence-electron chi connectivity index (χ3n) is 6.43. The van der Waals surface area contributed by atoms with Gasteiger partial charge in [0.05, 0.1) is 21.3 Å². The van der Waals surface area contributed by atoms with Crippen LogP contribution in [0.25, 0.3) is 0 Å². The Kier molecular flexibility index (Phi) is 6.61. The van der Waals surface area contributed by atoms with E-state index in [1.807, 2.05) is 29.2 Å². The second-order valence-corrected chi connectivity index (χ2v) is 8.25. The third kappa shape index (κ3) is 4.46. The van der Waals surface area contributed by atoms with Crippen molar-refractivity contribution >= 4 is 5.91 Å². The number of aromatic nitrogens is 1. The van der Waals surface area contributed by atoms with Crippen LogP contribution < -0.4 is 14.2 Å². The van der Waals surface area contributed by atoms with Crippen LogP contribution in [-0.2, 0) is 6.54 Å². The second-order valence-electron chi connectivity index (χ2n) is 8.25. The van der Waals surface area contributed by atoms with Crippen LogP contribution in [0.3, 0.4) is 0 Å². The van der Waals surface area contributed by atoms with Gasteiger partial charge in [-0.3, -0.25) is 14.7 Å². The number of carbonyl (C=O) groups excluding carboxylic acids is 1. The lowest BCUT2D eigenvalue weighted by atomic mass is 9.98. The van der Waals surface area contributed by atoms with E-state index in [9.17, 15) is 4.79 Å². The van der Waals surface area contributed by atoms with E-state index in [1.165, 1.54) is 12.8 Å². The Morgan fingerprint density at radius 3 is 2.48 bits per heavy atom. The Labute approximate surface area is 183 Å². The molecule has 2 aromatic rings. The van der Waals surface area contributed by atoms with Crippen LogP contribution in [0.4, 0.5) is 0 Å². The van der Waals surface area contributed by atoms with Gasteiger partial charge in [-0.2, -0.15) is 0 Å². The second kappa shape index (κ2) is 9.56. The number of rotatable bonds is 6. The average Bonchev–Trinajstić information content (AvgIpc) is 3.15. The molecule has 1 aromatic carbocycles. The number of nitrogens with zero attached hydrogens (tertiary/aromatic N) is 3. The van der Waals surface area contributed by atoms with Gasteiger partial charge in [0.25, 0.3) is 5.91 Å². The summed E-state index contributed by atoms with van der Waals surface area (Å²) in [6, 6.07) is 9.88. The number of benzene rings is 1. The molecule has 31 heavy (non-hydrogen) atoms. The molecule has 2 atom stereocenters. The molecular weight excluding hydrogens is 394 g/mol. The molecule has 0 aliphatic carbocycles. The summed E-state index contributed by atoms with van der Waals surface area (Å²) in [6.07, 6.45) is 5.20. The highest BCUT2D eigenvalue weighted by Gasteiger charge is 2.40. The van der Waals surface area contributed by atoms with Crippen LogP contribution in [0.2, 0.25) is 0 Å². The molecule has 166 valence electrons. The van der Waals surface area contributed by atoms with E-state index in [4.69, 9.17) is 14.2 Å². The van der Waals surface area contributed by atoms with Crippen LogP contribution in [-0.4, -0.2) is 67.7 Å². The Hall–Kier alpha value is -2.80. The third-order valence-corrected chi connectivity index (χ3v) is 6.43. The summed E-state index contributed by atoms with van der Waals surface area (Å²) in [5.41, 5.74) is 1.64. The number of hydrogen-bond acceptors (Lipinski definition) is 6. The first-order chi connectivity index (χ1) is 15.1. The molecule has 0 saturated carbocycles. The summed E-state index contributed by atoms with van der Waals surface area (Å²) >= 11 is 0. The van der Waals surface area contributed by atoms with E-state index in [1.54, 1.807) is 33.6 Å². The van der Waals surface area contributed by atoms with E-state index < -0.39 is 0 Å². The quantitative estimate of drug-likeness (QED) is 0.708. The number of methoxy groups -OCH3 is 3. The first-order valence-corrected chi connectivity index (χ1v) is 10.9. The number of hydrogen-bond donors (Lipinski definition) is 0. The molecule has 4 rings (SSSR count). The molecule has 0 N–H and O–H groups in total. The zero-order valence-electron chi connectivity index (χ0n) is 18.5. The highest BCUT2D eigenvalue weighted by atomic mass is 16.5. The zero-order chi connectivity index (χ0) is 21.8. The van der Waals surface area contributed by atoms with Crippen molar-refractivity contribution in [3.8, 4) is 17.2 Å². The number of amides is 1. The minimum absolute atomic E-state index is 0.0291. The number of carbonyl (C=O) groups is 1. The highest BCUT2D eigenvalue weighted by molar-refractivity contribution is 5.92. The van der Waals surface area contributed by atoms with Crippen molar-refractivity contribution in [2.75, 3.05) is 41.0 Å². The number of pyridine rings is 1. The van der Waals surface area contributed by atoms with Gasteiger partial charge in [-0.1, -0.05) is 12.5 Å². The smallest absolute Gasteiger partial charge is 0.272 e. The summed E-state index contributed by atoms with van der Waals surface area (Å²) in [4.78, 5) is 21.7. The van der Waals surface area contributed by atoms with Crippen molar-refractivity contribution in [1.82, 2.24) is 14.8 Å². The summed E-state index contributed by atoms with van der Waals surface area (Å²) < 4.78 is 16.5. The van der Waals surface area contributed by atoms with Crippen LogP contribution in [0.5, 0.6) is 17.2 Å².